The number of esters is 1. The molecule has 1 fully saturated rings. The molecule has 0 aliphatic carbocycles. The Bertz CT molecular complexity index is 896. The van der Waals surface area contributed by atoms with Crippen LogP contribution < -0.4 is 4.90 Å². The summed E-state index contributed by atoms with van der Waals surface area (Å²) >= 11 is 0. The standard InChI is InChI=1S/C22H25N3O2/c1-16-5-7-19(22(26)27-4)12-18(16)8-6-17-11-21(14-23-13-17)25-10-9-20(15-25)24(2)3/h5,7,11-14,20H,9-10,15H2,1-4H3. The number of methoxy groups -OCH3 is 1. The molecule has 0 saturated carbocycles. The fraction of sp³-hybridized carbons (Fsp3) is 0.364. The summed E-state index contributed by atoms with van der Waals surface area (Å²) in [6, 6.07) is 8.06. The fourth-order valence-electron chi connectivity index (χ4n) is 3.21. The van der Waals surface area contributed by atoms with E-state index >= 15 is 0 Å². The molecule has 5 heteroatoms. The van der Waals surface area contributed by atoms with Crippen LogP contribution in [0.2, 0.25) is 0 Å². The smallest absolute Gasteiger partial charge is 0.337 e. The molecule has 1 aliphatic rings. The van der Waals surface area contributed by atoms with Gasteiger partial charge in [-0.05, 0) is 51.2 Å². The van der Waals surface area contributed by atoms with Gasteiger partial charge in [0.25, 0.3) is 0 Å². The van der Waals surface area contributed by atoms with E-state index in [2.05, 4.69) is 46.8 Å². The van der Waals surface area contributed by atoms with Crippen molar-refractivity contribution >= 4 is 11.7 Å². The van der Waals surface area contributed by atoms with E-state index in [-0.39, 0.29) is 5.97 Å². The van der Waals surface area contributed by atoms with Gasteiger partial charge in [-0.15, -0.1) is 0 Å². The molecule has 3 rings (SSSR count). The molecule has 2 aromatic rings. The van der Waals surface area contributed by atoms with E-state index in [9.17, 15) is 4.79 Å². The van der Waals surface area contributed by atoms with Gasteiger partial charge in [-0.1, -0.05) is 17.9 Å². The topological polar surface area (TPSA) is 45.7 Å². The van der Waals surface area contributed by atoms with Crippen molar-refractivity contribution in [1.29, 1.82) is 0 Å². The summed E-state index contributed by atoms with van der Waals surface area (Å²) < 4.78 is 4.79. The summed E-state index contributed by atoms with van der Waals surface area (Å²) in [6.07, 6.45) is 4.82. The Morgan fingerprint density at radius 1 is 1.26 bits per heavy atom. The SMILES string of the molecule is COC(=O)c1ccc(C)c(C#Cc2cncc(N3CCC(N(C)C)C3)c2)c1. The average molecular weight is 363 g/mol. The molecular formula is C22H25N3O2. The lowest BCUT2D eigenvalue weighted by molar-refractivity contribution is 0.0600. The van der Waals surface area contributed by atoms with Crippen LogP contribution >= 0.6 is 0 Å². The maximum atomic E-state index is 11.7. The van der Waals surface area contributed by atoms with Crippen molar-refractivity contribution in [3.63, 3.8) is 0 Å². The summed E-state index contributed by atoms with van der Waals surface area (Å²) in [5.41, 5.74) is 4.31. The minimum atomic E-state index is -0.355. The number of benzene rings is 1. The molecule has 27 heavy (non-hydrogen) atoms. The lowest BCUT2D eigenvalue weighted by Gasteiger charge is -2.21. The van der Waals surface area contributed by atoms with Gasteiger partial charge in [-0.3, -0.25) is 4.98 Å². The molecule has 140 valence electrons. The molecule has 0 N–H and O–H groups in total. The van der Waals surface area contributed by atoms with Gasteiger partial charge in [0.15, 0.2) is 0 Å². The number of anilines is 1. The quantitative estimate of drug-likeness (QED) is 0.620. The highest BCUT2D eigenvalue weighted by Gasteiger charge is 2.24. The van der Waals surface area contributed by atoms with Crippen LogP contribution in [0.25, 0.3) is 0 Å². The zero-order valence-corrected chi connectivity index (χ0v) is 16.3. The van der Waals surface area contributed by atoms with Gasteiger partial charge in [0.2, 0.25) is 0 Å². The Balaban J connectivity index is 1.81. The molecular weight excluding hydrogens is 338 g/mol. The summed E-state index contributed by atoms with van der Waals surface area (Å²) in [4.78, 5) is 20.7. The first-order chi connectivity index (χ1) is 13.0. The second-order valence-electron chi connectivity index (χ2n) is 7.06. The Morgan fingerprint density at radius 2 is 2.07 bits per heavy atom. The molecule has 1 aliphatic heterocycles. The number of hydrogen-bond acceptors (Lipinski definition) is 5. The van der Waals surface area contributed by atoms with Crippen LogP contribution in [0.5, 0.6) is 0 Å². The van der Waals surface area contributed by atoms with Crippen molar-refractivity contribution in [2.45, 2.75) is 19.4 Å². The van der Waals surface area contributed by atoms with Crippen molar-refractivity contribution in [2.75, 3.05) is 39.2 Å². The summed E-state index contributed by atoms with van der Waals surface area (Å²) in [6.45, 7) is 4.01. The zero-order chi connectivity index (χ0) is 19.4. The van der Waals surface area contributed by atoms with Gasteiger partial charge >= 0.3 is 5.97 Å². The first-order valence-corrected chi connectivity index (χ1v) is 9.05. The van der Waals surface area contributed by atoms with E-state index in [0.717, 1.165) is 41.9 Å². The third-order valence-electron chi connectivity index (χ3n) is 4.98. The average Bonchev–Trinajstić information content (AvgIpc) is 3.17. The summed E-state index contributed by atoms with van der Waals surface area (Å²) in [5.74, 6) is 6.00. The van der Waals surface area contributed by atoms with Crippen molar-refractivity contribution < 1.29 is 9.53 Å². The number of pyridine rings is 1. The van der Waals surface area contributed by atoms with Crippen molar-refractivity contribution in [3.05, 3.63) is 58.9 Å². The van der Waals surface area contributed by atoms with Crippen molar-refractivity contribution in [2.24, 2.45) is 0 Å². The van der Waals surface area contributed by atoms with Gasteiger partial charge in [-0.25, -0.2) is 4.79 Å². The minimum absolute atomic E-state index is 0.355. The van der Waals surface area contributed by atoms with Crippen LogP contribution in [0.3, 0.4) is 0 Å². The summed E-state index contributed by atoms with van der Waals surface area (Å²) in [7, 11) is 5.63. The highest BCUT2D eigenvalue weighted by Crippen LogP contribution is 2.22. The number of likely N-dealkylation sites (N-methyl/N-ethyl adjacent to an activating group) is 1. The molecule has 1 aromatic heterocycles. The normalized spacial score (nSPS) is 16.2. The van der Waals surface area contributed by atoms with Crippen LogP contribution in [-0.4, -0.2) is 56.2 Å². The number of ether oxygens (including phenoxy) is 1. The predicted octanol–water partition coefficient (Wildman–Crippen LogP) is 2.72. The first-order valence-electron chi connectivity index (χ1n) is 9.05. The maximum absolute atomic E-state index is 11.7. The Kier molecular flexibility index (Phi) is 5.78. The number of carbonyl (C=O) groups excluding carboxylic acids is 1. The van der Waals surface area contributed by atoms with Gasteiger partial charge in [0, 0.05) is 36.5 Å². The fourth-order valence-corrected chi connectivity index (χ4v) is 3.21. The number of aromatic nitrogens is 1. The number of nitrogens with zero attached hydrogens (tertiary/aromatic N) is 3. The maximum Gasteiger partial charge on any atom is 0.337 e. The Labute approximate surface area is 161 Å². The number of carbonyl (C=O) groups is 1. The highest BCUT2D eigenvalue weighted by molar-refractivity contribution is 5.89. The monoisotopic (exact) mass is 363 g/mol. The second-order valence-corrected chi connectivity index (χ2v) is 7.06. The van der Waals surface area contributed by atoms with Crippen LogP contribution in [0, 0.1) is 18.8 Å². The van der Waals surface area contributed by atoms with Crippen molar-refractivity contribution in [1.82, 2.24) is 9.88 Å². The summed E-state index contributed by atoms with van der Waals surface area (Å²) in [5, 5.41) is 0. The van der Waals surface area contributed by atoms with E-state index in [0.29, 0.717) is 11.6 Å². The molecule has 2 heterocycles. The van der Waals surface area contributed by atoms with Gasteiger partial charge in [0.1, 0.15) is 0 Å². The number of rotatable bonds is 3. The number of hydrogen-bond donors (Lipinski definition) is 0. The lowest BCUT2D eigenvalue weighted by Crippen LogP contribution is -2.31. The third kappa shape index (κ3) is 4.47. The van der Waals surface area contributed by atoms with E-state index in [1.807, 2.05) is 19.2 Å². The first kappa shape index (κ1) is 18.9. The van der Waals surface area contributed by atoms with E-state index < -0.39 is 0 Å². The number of aryl methyl sites for hydroxylation is 1. The van der Waals surface area contributed by atoms with E-state index in [1.165, 1.54) is 7.11 Å². The van der Waals surface area contributed by atoms with E-state index in [4.69, 9.17) is 4.74 Å². The Morgan fingerprint density at radius 3 is 2.78 bits per heavy atom. The molecule has 1 atom stereocenters. The third-order valence-corrected chi connectivity index (χ3v) is 4.98. The lowest BCUT2D eigenvalue weighted by atomic mass is 10.0. The predicted molar refractivity (Wildman–Crippen MR) is 107 cm³/mol. The second kappa shape index (κ2) is 8.24. The van der Waals surface area contributed by atoms with Gasteiger partial charge < -0.3 is 14.5 Å². The zero-order valence-electron chi connectivity index (χ0n) is 16.3. The molecule has 0 amide bonds. The molecule has 1 saturated heterocycles. The van der Waals surface area contributed by atoms with Gasteiger partial charge in [0.05, 0.1) is 24.6 Å². The van der Waals surface area contributed by atoms with Crippen LogP contribution in [0.15, 0.2) is 36.7 Å². The Hall–Kier alpha value is -2.84. The van der Waals surface area contributed by atoms with Crippen LogP contribution in [0.1, 0.15) is 33.5 Å². The largest absolute Gasteiger partial charge is 0.465 e. The van der Waals surface area contributed by atoms with Gasteiger partial charge in [-0.2, -0.15) is 0 Å². The van der Waals surface area contributed by atoms with Crippen LogP contribution in [0.4, 0.5) is 5.69 Å². The molecule has 0 bridgehead atoms. The molecule has 0 radical (unpaired) electrons. The van der Waals surface area contributed by atoms with Crippen LogP contribution in [-0.2, 0) is 4.74 Å². The molecule has 1 unspecified atom stereocenters. The van der Waals surface area contributed by atoms with E-state index in [1.54, 1.807) is 18.3 Å². The molecule has 1 aromatic carbocycles. The highest BCUT2D eigenvalue weighted by atomic mass is 16.5. The molecule has 0 spiro atoms. The van der Waals surface area contributed by atoms with Crippen molar-refractivity contribution in [3.8, 4) is 11.8 Å². The minimum Gasteiger partial charge on any atom is -0.465 e. The molecule has 5 nitrogen and oxygen atoms in total.